The fourth-order valence-electron chi connectivity index (χ4n) is 2.76. The van der Waals surface area contributed by atoms with Crippen molar-refractivity contribution in [3.63, 3.8) is 0 Å². The van der Waals surface area contributed by atoms with Crippen LogP contribution in [0.25, 0.3) is 0 Å². The molecule has 2 rings (SSSR count). The van der Waals surface area contributed by atoms with E-state index in [1.807, 2.05) is 55.5 Å². The standard InChI is InChI=1S/C19H21NO3/c1-14(18(21)16-12-8-5-9-13-16)17(20(2)19(22)23-3)15-10-6-4-7-11-15/h4-14,17H,1-3H3. The normalized spacial score (nSPS) is 13.0. The molecule has 0 radical (unpaired) electrons. The first kappa shape index (κ1) is 16.7. The molecule has 0 heterocycles. The minimum absolute atomic E-state index is 0.00444. The molecule has 0 N–H and O–H groups in total. The first-order chi connectivity index (χ1) is 11.1. The van der Waals surface area contributed by atoms with Crippen LogP contribution in [0, 0.1) is 5.92 Å². The highest BCUT2D eigenvalue weighted by molar-refractivity contribution is 5.98. The molecule has 0 saturated carbocycles. The van der Waals surface area contributed by atoms with Crippen LogP contribution < -0.4 is 0 Å². The average Bonchev–Trinajstić information content (AvgIpc) is 2.62. The fraction of sp³-hybridized carbons (Fsp3) is 0.263. The summed E-state index contributed by atoms with van der Waals surface area (Å²) in [4.78, 5) is 26.3. The van der Waals surface area contributed by atoms with Crippen LogP contribution in [-0.4, -0.2) is 30.9 Å². The maximum absolute atomic E-state index is 12.8. The van der Waals surface area contributed by atoms with E-state index in [2.05, 4.69) is 0 Å². The van der Waals surface area contributed by atoms with Crippen molar-refractivity contribution in [1.29, 1.82) is 0 Å². The SMILES string of the molecule is COC(=O)N(C)C(c1ccccc1)C(C)C(=O)c1ccccc1. The second-order valence-corrected chi connectivity index (χ2v) is 5.46. The Morgan fingerprint density at radius 3 is 2.00 bits per heavy atom. The topological polar surface area (TPSA) is 46.6 Å². The summed E-state index contributed by atoms with van der Waals surface area (Å²) in [5.41, 5.74) is 1.54. The minimum Gasteiger partial charge on any atom is -0.453 e. The minimum atomic E-state index is -0.466. The van der Waals surface area contributed by atoms with Crippen molar-refractivity contribution >= 4 is 11.9 Å². The number of Topliss-reactive ketones (excluding diaryl/α,β-unsaturated/α-hetero) is 1. The van der Waals surface area contributed by atoms with E-state index in [4.69, 9.17) is 4.74 Å². The third-order valence-corrected chi connectivity index (χ3v) is 3.97. The quantitative estimate of drug-likeness (QED) is 0.786. The third-order valence-electron chi connectivity index (χ3n) is 3.97. The molecule has 23 heavy (non-hydrogen) atoms. The van der Waals surface area contributed by atoms with Gasteiger partial charge in [0.2, 0.25) is 0 Å². The summed E-state index contributed by atoms with van der Waals surface area (Å²) >= 11 is 0. The number of hydrogen-bond donors (Lipinski definition) is 0. The summed E-state index contributed by atoms with van der Waals surface area (Å²) in [5, 5.41) is 0. The van der Waals surface area contributed by atoms with E-state index in [9.17, 15) is 9.59 Å². The second kappa shape index (κ2) is 7.58. The van der Waals surface area contributed by atoms with Gasteiger partial charge >= 0.3 is 6.09 Å². The van der Waals surface area contributed by atoms with Gasteiger partial charge in [0.1, 0.15) is 0 Å². The zero-order valence-electron chi connectivity index (χ0n) is 13.6. The Hall–Kier alpha value is -2.62. The van der Waals surface area contributed by atoms with Crippen LogP contribution >= 0.6 is 0 Å². The summed E-state index contributed by atoms with van der Waals surface area (Å²) < 4.78 is 4.83. The smallest absolute Gasteiger partial charge is 0.409 e. The molecule has 0 saturated heterocycles. The van der Waals surface area contributed by atoms with Gasteiger partial charge in [0.15, 0.2) is 5.78 Å². The summed E-state index contributed by atoms with van der Waals surface area (Å²) in [6, 6.07) is 18.3. The molecule has 0 spiro atoms. The van der Waals surface area contributed by atoms with Crippen LogP contribution in [0.4, 0.5) is 4.79 Å². The number of amides is 1. The van der Waals surface area contributed by atoms with Crippen molar-refractivity contribution in [2.24, 2.45) is 5.92 Å². The van der Waals surface area contributed by atoms with E-state index in [0.29, 0.717) is 5.56 Å². The molecule has 0 bridgehead atoms. The lowest BCUT2D eigenvalue weighted by atomic mass is 9.87. The van der Waals surface area contributed by atoms with Gasteiger partial charge < -0.3 is 9.64 Å². The van der Waals surface area contributed by atoms with Crippen molar-refractivity contribution in [1.82, 2.24) is 4.90 Å². The Morgan fingerprint density at radius 1 is 0.957 bits per heavy atom. The molecular weight excluding hydrogens is 290 g/mol. The molecule has 2 atom stereocenters. The van der Waals surface area contributed by atoms with Crippen LogP contribution in [0.2, 0.25) is 0 Å². The molecule has 0 aliphatic heterocycles. The van der Waals surface area contributed by atoms with Gasteiger partial charge in [-0.05, 0) is 5.56 Å². The van der Waals surface area contributed by atoms with Crippen LogP contribution in [0.3, 0.4) is 0 Å². The largest absolute Gasteiger partial charge is 0.453 e. The van der Waals surface area contributed by atoms with Crippen molar-refractivity contribution in [3.05, 3.63) is 71.8 Å². The third kappa shape index (κ3) is 3.77. The molecule has 0 aliphatic rings. The van der Waals surface area contributed by atoms with E-state index in [1.165, 1.54) is 12.0 Å². The molecule has 0 aromatic heterocycles. The number of nitrogens with zero attached hydrogens (tertiary/aromatic N) is 1. The van der Waals surface area contributed by atoms with Gasteiger partial charge in [-0.3, -0.25) is 4.79 Å². The lowest BCUT2D eigenvalue weighted by Gasteiger charge is -2.31. The van der Waals surface area contributed by atoms with E-state index in [1.54, 1.807) is 19.2 Å². The maximum atomic E-state index is 12.8. The number of carbonyl (C=O) groups excluding carboxylic acids is 2. The molecule has 4 heteroatoms. The molecular formula is C19H21NO3. The molecule has 0 aliphatic carbocycles. The zero-order valence-corrected chi connectivity index (χ0v) is 13.6. The summed E-state index contributed by atoms with van der Waals surface area (Å²) in [6.07, 6.45) is -0.466. The number of hydrogen-bond acceptors (Lipinski definition) is 3. The maximum Gasteiger partial charge on any atom is 0.409 e. The predicted octanol–water partition coefficient (Wildman–Crippen LogP) is 3.94. The lowest BCUT2D eigenvalue weighted by Crippen LogP contribution is -2.37. The highest BCUT2D eigenvalue weighted by Crippen LogP contribution is 2.30. The van der Waals surface area contributed by atoms with Crippen LogP contribution in [-0.2, 0) is 4.74 Å². The van der Waals surface area contributed by atoms with Gasteiger partial charge in [0.25, 0.3) is 0 Å². The Labute approximate surface area is 136 Å². The molecule has 0 fully saturated rings. The van der Waals surface area contributed by atoms with Gasteiger partial charge in [0, 0.05) is 18.5 Å². The molecule has 2 aromatic rings. The Morgan fingerprint density at radius 2 is 1.48 bits per heavy atom. The Bertz CT molecular complexity index is 655. The van der Waals surface area contributed by atoms with Crippen molar-refractivity contribution in [2.75, 3.05) is 14.2 Å². The number of ketones is 1. The van der Waals surface area contributed by atoms with Gasteiger partial charge in [-0.15, -0.1) is 0 Å². The van der Waals surface area contributed by atoms with E-state index < -0.39 is 18.1 Å². The van der Waals surface area contributed by atoms with Crippen LogP contribution in [0.15, 0.2) is 60.7 Å². The molecule has 1 amide bonds. The Kier molecular flexibility index (Phi) is 5.52. The molecule has 2 aromatic carbocycles. The van der Waals surface area contributed by atoms with Crippen LogP contribution in [0.5, 0.6) is 0 Å². The Balaban J connectivity index is 2.37. The first-order valence-corrected chi connectivity index (χ1v) is 7.51. The first-order valence-electron chi connectivity index (χ1n) is 7.51. The fourth-order valence-corrected chi connectivity index (χ4v) is 2.76. The number of benzene rings is 2. The molecule has 4 nitrogen and oxygen atoms in total. The number of carbonyl (C=O) groups is 2. The number of rotatable bonds is 5. The van der Waals surface area contributed by atoms with Gasteiger partial charge in [0.05, 0.1) is 13.2 Å². The highest BCUT2D eigenvalue weighted by atomic mass is 16.5. The van der Waals surface area contributed by atoms with E-state index in [-0.39, 0.29) is 5.78 Å². The van der Waals surface area contributed by atoms with Crippen molar-refractivity contribution < 1.29 is 14.3 Å². The second-order valence-electron chi connectivity index (χ2n) is 5.46. The monoisotopic (exact) mass is 311 g/mol. The lowest BCUT2D eigenvalue weighted by molar-refractivity contribution is 0.0783. The molecule has 2 unspecified atom stereocenters. The van der Waals surface area contributed by atoms with E-state index in [0.717, 1.165) is 5.56 Å². The summed E-state index contributed by atoms with van der Waals surface area (Å²) in [6.45, 7) is 1.84. The van der Waals surface area contributed by atoms with Gasteiger partial charge in [-0.25, -0.2) is 4.79 Å². The van der Waals surface area contributed by atoms with Crippen molar-refractivity contribution in [3.8, 4) is 0 Å². The van der Waals surface area contributed by atoms with Gasteiger partial charge in [-0.1, -0.05) is 67.6 Å². The molecule has 120 valence electrons. The van der Waals surface area contributed by atoms with Crippen molar-refractivity contribution in [2.45, 2.75) is 13.0 Å². The predicted molar refractivity (Wildman–Crippen MR) is 89.3 cm³/mol. The van der Waals surface area contributed by atoms with Crippen LogP contribution in [0.1, 0.15) is 28.9 Å². The van der Waals surface area contributed by atoms with Gasteiger partial charge in [-0.2, -0.15) is 0 Å². The summed E-state index contributed by atoms with van der Waals surface area (Å²) in [5.74, 6) is -0.404. The van der Waals surface area contributed by atoms with E-state index >= 15 is 0 Å². The average molecular weight is 311 g/mol. The highest BCUT2D eigenvalue weighted by Gasteiger charge is 2.32. The summed E-state index contributed by atoms with van der Waals surface area (Å²) in [7, 11) is 2.99. The zero-order chi connectivity index (χ0) is 16.8. The number of methoxy groups -OCH3 is 1. The number of ether oxygens (including phenoxy) is 1.